The number of rotatable bonds is 8. The summed E-state index contributed by atoms with van der Waals surface area (Å²) in [5, 5.41) is 10.4. The molecule has 1 aliphatic rings. The third-order valence-electron chi connectivity index (χ3n) is 4.97. The molecule has 0 unspecified atom stereocenters. The minimum absolute atomic E-state index is 0.0677. The summed E-state index contributed by atoms with van der Waals surface area (Å²) in [6.45, 7) is 5.04. The van der Waals surface area contributed by atoms with Crippen LogP contribution in [0.25, 0.3) is 0 Å². The molecule has 7 nitrogen and oxygen atoms in total. The summed E-state index contributed by atoms with van der Waals surface area (Å²) >= 11 is 1.57. The average Bonchev–Trinajstić information content (AvgIpc) is 3.32. The van der Waals surface area contributed by atoms with Gasteiger partial charge in [-0.3, -0.25) is 14.8 Å². The zero-order chi connectivity index (χ0) is 20.6. The molecule has 0 atom stereocenters. The number of H-pyrrole nitrogens is 1. The molecule has 0 bridgehead atoms. The van der Waals surface area contributed by atoms with Crippen LogP contribution in [-0.4, -0.2) is 52.3 Å². The van der Waals surface area contributed by atoms with Crippen molar-refractivity contribution in [3.63, 3.8) is 0 Å². The van der Waals surface area contributed by atoms with E-state index in [1.165, 1.54) is 11.9 Å². The van der Waals surface area contributed by atoms with Crippen LogP contribution in [0.1, 0.15) is 27.0 Å². The lowest BCUT2D eigenvalue weighted by Gasteiger charge is -2.26. The molecule has 2 aromatic carbocycles. The van der Waals surface area contributed by atoms with E-state index in [1.54, 1.807) is 11.8 Å². The third-order valence-corrected chi connectivity index (χ3v) is 5.92. The van der Waals surface area contributed by atoms with E-state index in [-0.39, 0.29) is 5.91 Å². The van der Waals surface area contributed by atoms with Crippen molar-refractivity contribution in [2.75, 3.05) is 26.3 Å². The number of thioether (sulfide) groups is 1. The first-order valence-corrected chi connectivity index (χ1v) is 11.0. The van der Waals surface area contributed by atoms with Gasteiger partial charge in [-0.05, 0) is 28.8 Å². The van der Waals surface area contributed by atoms with Crippen molar-refractivity contribution in [1.29, 1.82) is 0 Å². The number of nitrogens with zero attached hydrogens (tertiary/aromatic N) is 3. The number of carbonyl (C=O) groups excluding carboxylic acids is 1. The van der Waals surface area contributed by atoms with Crippen LogP contribution in [0.3, 0.4) is 0 Å². The summed E-state index contributed by atoms with van der Waals surface area (Å²) in [6, 6.07) is 16.1. The number of carbonyl (C=O) groups is 1. The van der Waals surface area contributed by atoms with Crippen LogP contribution in [0, 0.1) is 0 Å². The molecule has 3 aromatic rings. The number of nitrogens with one attached hydrogen (secondary N) is 2. The van der Waals surface area contributed by atoms with Crippen LogP contribution in [0.2, 0.25) is 0 Å². The highest BCUT2D eigenvalue weighted by atomic mass is 32.2. The second-order valence-electron chi connectivity index (χ2n) is 7.16. The smallest absolute Gasteiger partial charge is 0.251 e. The Morgan fingerprint density at radius 3 is 2.43 bits per heavy atom. The van der Waals surface area contributed by atoms with Gasteiger partial charge in [-0.25, -0.2) is 4.98 Å². The predicted molar refractivity (Wildman–Crippen MR) is 116 cm³/mol. The number of hydrogen-bond acceptors (Lipinski definition) is 6. The number of hydrogen-bond donors (Lipinski definition) is 2. The number of benzene rings is 2. The summed E-state index contributed by atoms with van der Waals surface area (Å²) in [6.07, 6.45) is 1.49. The fourth-order valence-electron chi connectivity index (χ4n) is 3.23. The zero-order valence-electron chi connectivity index (χ0n) is 16.7. The quantitative estimate of drug-likeness (QED) is 0.542. The molecule has 1 fully saturated rings. The topological polar surface area (TPSA) is 83.1 Å². The standard InChI is InChI=1S/C22H25N5O2S/c28-21(20-7-5-19(6-8-20)15-30-22-24-16-25-26-22)23-13-17-1-3-18(4-2-17)14-27-9-11-29-12-10-27/h1-8,16H,9-15H2,(H,23,28)(H,24,25,26). The lowest BCUT2D eigenvalue weighted by molar-refractivity contribution is 0.0342. The van der Waals surface area contributed by atoms with Crippen LogP contribution in [-0.2, 0) is 23.6 Å². The molecule has 2 N–H and O–H groups in total. The molecule has 8 heteroatoms. The minimum atomic E-state index is -0.0677. The summed E-state index contributed by atoms with van der Waals surface area (Å²) in [5.74, 6) is 0.704. The fraction of sp³-hybridized carbons (Fsp3) is 0.318. The maximum atomic E-state index is 12.4. The molecule has 30 heavy (non-hydrogen) atoms. The lowest BCUT2D eigenvalue weighted by Crippen LogP contribution is -2.35. The Morgan fingerprint density at radius 2 is 1.73 bits per heavy atom. The van der Waals surface area contributed by atoms with Crippen LogP contribution >= 0.6 is 11.8 Å². The van der Waals surface area contributed by atoms with Crippen molar-refractivity contribution in [2.45, 2.75) is 24.0 Å². The number of aromatic amines is 1. The van der Waals surface area contributed by atoms with Crippen LogP contribution in [0.15, 0.2) is 60.0 Å². The van der Waals surface area contributed by atoms with E-state index < -0.39 is 0 Å². The van der Waals surface area contributed by atoms with Crippen molar-refractivity contribution in [3.05, 3.63) is 77.1 Å². The van der Waals surface area contributed by atoms with E-state index in [0.717, 1.165) is 54.9 Å². The molecule has 0 spiro atoms. The molecule has 1 aromatic heterocycles. The maximum absolute atomic E-state index is 12.4. The maximum Gasteiger partial charge on any atom is 0.251 e. The highest BCUT2D eigenvalue weighted by molar-refractivity contribution is 7.98. The van der Waals surface area contributed by atoms with Gasteiger partial charge in [0.2, 0.25) is 0 Å². The third kappa shape index (κ3) is 5.91. The Hall–Kier alpha value is -2.68. The Bertz CT molecular complexity index is 923. The van der Waals surface area contributed by atoms with Gasteiger partial charge >= 0.3 is 0 Å². The molecule has 0 radical (unpaired) electrons. The minimum Gasteiger partial charge on any atom is -0.379 e. The second-order valence-corrected chi connectivity index (χ2v) is 8.13. The predicted octanol–water partition coefficient (Wildman–Crippen LogP) is 2.86. The first-order chi connectivity index (χ1) is 14.8. The van der Waals surface area contributed by atoms with E-state index in [2.05, 4.69) is 49.7 Å². The van der Waals surface area contributed by atoms with Crippen molar-refractivity contribution in [3.8, 4) is 0 Å². The summed E-state index contributed by atoms with van der Waals surface area (Å²) in [5.41, 5.74) is 4.16. The Balaban J connectivity index is 1.23. The monoisotopic (exact) mass is 423 g/mol. The molecule has 1 saturated heterocycles. The largest absolute Gasteiger partial charge is 0.379 e. The average molecular weight is 424 g/mol. The van der Waals surface area contributed by atoms with E-state index in [4.69, 9.17) is 4.74 Å². The Kier molecular flexibility index (Phi) is 7.12. The van der Waals surface area contributed by atoms with E-state index in [1.807, 2.05) is 24.3 Å². The Morgan fingerprint density at radius 1 is 1.03 bits per heavy atom. The van der Waals surface area contributed by atoms with Gasteiger partial charge in [0.15, 0.2) is 5.16 Å². The lowest BCUT2D eigenvalue weighted by atomic mass is 10.1. The van der Waals surface area contributed by atoms with E-state index in [0.29, 0.717) is 12.1 Å². The van der Waals surface area contributed by atoms with Gasteiger partial charge in [-0.15, -0.1) is 0 Å². The van der Waals surface area contributed by atoms with Gasteiger partial charge < -0.3 is 10.1 Å². The van der Waals surface area contributed by atoms with E-state index in [9.17, 15) is 4.79 Å². The SMILES string of the molecule is O=C(NCc1ccc(CN2CCOCC2)cc1)c1ccc(CSc2ncn[nH]2)cc1. The summed E-state index contributed by atoms with van der Waals surface area (Å²) in [4.78, 5) is 18.9. The molecule has 0 aliphatic carbocycles. The van der Waals surface area contributed by atoms with Gasteiger partial charge in [0, 0.05) is 37.5 Å². The molecule has 4 rings (SSSR count). The highest BCUT2D eigenvalue weighted by Crippen LogP contribution is 2.18. The summed E-state index contributed by atoms with van der Waals surface area (Å²) < 4.78 is 5.39. The van der Waals surface area contributed by atoms with Gasteiger partial charge in [0.25, 0.3) is 5.91 Å². The van der Waals surface area contributed by atoms with Crippen LogP contribution in [0.4, 0.5) is 0 Å². The molecule has 156 valence electrons. The van der Waals surface area contributed by atoms with Gasteiger partial charge in [-0.1, -0.05) is 48.2 Å². The van der Waals surface area contributed by atoms with Crippen LogP contribution < -0.4 is 5.32 Å². The Labute approximate surface area is 180 Å². The number of morpholine rings is 1. The fourth-order valence-corrected chi connectivity index (χ4v) is 3.97. The first-order valence-electron chi connectivity index (χ1n) is 9.99. The number of ether oxygens (including phenoxy) is 1. The van der Waals surface area contributed by atoms with Crippen molar-refractivity contribution in [1.82, 2.24) is 25.4 Å². The molecule has 1 aliphatic heterocycles. The number of amides is 1. The number of aromatic nitrogens is 3. The molecule has 0 saturated carbocycles. The van der Waals surface area contributed by atoms with Crippen molar-refractivity contribution in [2.24, 2.45) is 0 Å². The zero-order valence-corrected chi connectivity index (χ0v) is 17.5. The molecule has 1 amide bonds. The first kappa shape index (κ1) is 20.6. The van der Waals surface area contributed by atoms with Gasteiger partial charge in [0.05, 0.1) is 13.2 Å². The van der Waals surface area contributed by atoms with Crippen LogP contribution in [0.5, 0.6) is 0 Å². The van der Waals surface area contributed by atoms with Gasteiger partial charge in [0.1, 0.15) is 6.33 Å². The normalized spacial score (nSPS) is 14.5. The molecular weight excluding hydrogens is 398 g/mol. The highest BCUT2D eigenvalue weighted by Gasteiger charge is 2.11. The summed E-state index contributed by atoms with van der Waals surface area (Å²) in [7, 11) is 0. The second kappa shape index (κ2) is 10.4. The van der Waals surface area contributed by atoms with E-state index >= 15 is 0 Å². The molecule has 2 heterocycles. The van der Waals surface area contributed by atoms with Gasteiger partial charge in [-0.2, -0.15) is 5.10 Å². The van der Waals surface area contributed by atoms with Crippen molar-refractivity contribution >= 4 is 17.7 Å². The van der Waals surface area contributed by atoms with Crippen molar-refractivity contribution < 1.29 is 9.53 Å². The molecular formula is C22H25N5O2S.